The third kappa shape index (κ3) is 3.34. The summed E-state index contributed by atoms with van der Waals surface area (Å²) in [5.41, 5.74) is 0.108. The van der Waals surface area contributed by atoms with Crippen LogP contribution in [0.25, 0.3) is 0 Å². The Hall–Kier alpha value is -0.780. The predicted octanol–water partition coefficient (Wildman–Crippen LogP) is 2.70. The Morgan fingerprint density at radius 3 is 2.88 bits per heavy atom. The van der Waals surface area contributed by atoms with E-state index in [1.165, 1.54) is 12.3 Å². The van der Waals surface area contributed by atoms with Gasteiger partial charge in [0.2, 0.25) is 0 Å². The average molecular weight is 274 g/mol. The van der Waals surface area contributed by atoms with E-state index in [0.29, 0.717) is 10.3 Å². The van der Waals surface area contributed by atoms with Crippen molar-refractivity contribution < 1.29 is 14.6 Å². The molecule has 1 N–H and O–H groups in total. The van der Waals surface area contributed by atoms with Crippen molar-refractivity contribution in [1.82, 2.24) is 4.98 Å². The zero-order chi connectivity index (χ0) is 12.3. The van der Waals surface area contributed by atoms with E-state index in [0.717, 1.165) is 26.1 Å². The molecule has 6 heteroatoms. The van der Waals surface area contributed by atoms with Crippen LogP contribution < -0.4 is 0 Å². The van der Waals surface area contributed by atoms with Crippen LogP contribution in [-0.2, 0) is 4.74 Å². The second-order valence-electron chi connectivity index (χ2n) is 3.74. The second kappa shape index (κ2) is 5.71. The Morgan fingerprint density at radius 2 is 2.24 bits per heavy atom. The number of thioether (sulfide) groups is 1. The lowest BCUT2D eigenvalue weighted by Crippen LogP contribution is -2.17. The molecule has 2 rings (SSSR count). The number of halogens is 1. The number of ether oxygens (including phenoxy) is 1. The van der Waals surface area contributed by atoms with Gasteiger partial charge in [0.15, 0.2) is 0 Å². The van der Waals surface area contributed by atoms with Gasteiger partial charge < -0.3 is 9.84 Å². The van der Waals surface area contributed by atoms with Gasteiger partial charge in [0.05, 0.1) is 15.6 Å². The molecule has 1 aliphatic heterocycles. The van der Waals surface area contributed by atoms with E-state index in [9.17, 15) is 4.79 Å². The predicted molar refractivity (Wildman–Crippen MR) is 65.9 cm³/mol. The number of carboxylic acids is 1. The molecule has 0 amide bonds. The molecule has 0 bridgehead atoms. The standard InChI is InChI=1S/C11H12ClNO3S/c12-9-6-13-10(5-8(9)11(14)15)17-7-1-3-16-4-2-7/h5-7H,1-4H2,(H,14,15). The summed E-state index contributed by atoms with van der Waals surface area (Å²) in [6, 6.07) is 1.53. The number of carbonyl (C=O) groups is 1. The van der Waals surface area contributed by atoms with Crippen molar-refractivity contribution in [3.8, 4) is 0 Å². The summed E-state index contributed by atoms with van der Waals surface area (Å²) >= 11 is 7.35. The number of hydrogen-bond acceptors (Lipinski definition) is 4. The highest BCUT2D eigenvalue weighted by Crippen LogP contribution is 2.30. The monoisotopic (exact) mass is 273 g/mol. The largest absolute Gasteiger partial charge is 0.478 e. The van der Waals surface area contributed by atoms with Crippen LogP contribution in [0.4, 0.5) is 0 Å². The molecular weight excluding hydrogens is 262 g/mol. The molecular formula is C11H12ClNO3S. The highest BCUT2D eigenvalue weighted by molar-refractivity contribution is 7.99. The maximum Gasteiger partial charge on any atom is 0.337 e. The Morgan fingerprint density at radius 1 is 1.53 bits per heavy atom. The summed E-state index contributed by atoms with van der Waals surface area (Å²) in [4.78, 5) is 15.1. The second-order valence-corrected chi connectivity index (χ2v) is 5.46. The molecule has 0 spiro atoms. The Kier molecular flexibility index (Phi) is 4.25. The van der Waals surface area contributed by atoms with E-state index < -0.39 is 5.97 Å². The van der Waals surface area contributed by atoms with Crippen LogP contribution in [0.3, 0.4) is 0 Å². The molecule has 0 aromatic carbocycles. The van der Waals surface area contributed by atoms with Crippen molar-refractivity contribution in [2.45, 2.75) is 23.1 Å². The average Bonchev–Trinajstić information content (AvgIpc) is 2.32. The number of nitrogens with zero attached hydrogens (tertiary/aromatic N) is 1. The van der Waals surface area contributed by atoms with Crippen molar-refractivity contribution in [2.75, 3.05) is 13.2 Å². The number of rotatable bonds is 3. The first kappa shape index (κ1) is 12.7. The number of aromatic carboxylic acids is 1. The third-order valence-electron chi connectivity index (χ3n) is 2.52. The molecule has 4 nitrogen and oxygen atoms in total. The Balaban J connectivity index is 2.10. The smallest absolute Gasteiger partial charge is 0.337 e. The van der Waals surface area contributed by atoms with Crippen molar-refractivity contribution in [2.24, 2.45) is 0 Å². The molecule has 1 saturated heterocycles. The van der Waals surface area contributed by atoms with Crippen molar-refractivity contribution in [3.05, 3.63) is 22.8 Å². The maximum absolute atomic E-state index is 10.9. The van der Waals surface area contributed by atoms with Gasteiger partial charge in [0.25, 0.3) is 0 Å². The van der Waals surface area contributed by atoms with Crippen LogP contribution in [0.5, 0.6) is 0 Å². The minimum atomic E-state index is -1.02. The highest BCUT2D eigenvalue weighted by Gasteiger charge is 2.17. The molecule has 0 aliphatic carbocycles. The third-order valence-corrected chi connectivity index (χ3v) is 4.09. The van der Waals surface area contributed by atoms with E-state index in [1.807, 2.05) is 0 Å². The minimum absolute atomic E-state index is 0.108. The molecule has 1 aromatic heterocycles. The van der Waals surface area contributed by atoms with Gasteiger partial charge in [0.1, 0.15) is 0 Å². The van der Waals surface area contributed by atoms with Crippen molar-refractivity contribution in [1.29, 1.82) is 0 Å². The van der Waals surface area contributed by atoms with Crippen LogP contribution in [0, 0.1) is 0 Å². The fraction of sp³-hybridized carbons (Fsp3) is 0.455. The van der Waals surface area contributed by atoms with Crippen molar-refractivity contribution in [3.63, 3.8) is 0 Å². The van der Waals surface area contributed by atoms with Gasteiger partial charge in [0, 0.05) is 24.7 Å². The molecule has 92 valence electrons. The highest BCUT2D eigenvalue weighted by atomic mass is 35.5. The Bertz CT molecular complexity index is 421. The van der Waals surface area contributed by atoms with Gasteiger partial charge >= 0.3 is 5.97 Å². The first-order chi connectivity index (χ1) is 8.16. The first-order valence-electron chi connectivity index (χ1n) is 5.30. The number of aromatic nitrogens is 1. The zero-order valence-electron chi connectivity index (χ0n) is 9.06. The number of hydrogen-bond donors (Lipinski definition) is 1. The molecule has 0 saturated carbocycles. The normalized spacial score (nSPS) is 17.0. The van der Waals surface area contributed by atoms with Crippen LogP contribution in [-0.4, -0.2) is 34.5 Å². The summed E-state index contributed by atoms with van der Waals surface area (Å²) < 4.78 is 5.27. The molecule has 1 aliphatic rings. The summed E-state index contributed by atoms with van der Waals surface area (Å²) in [5.74, 6) is -1.02. The Labute approximate surface area is 108 Å². The fourth-order valence-corrected chi connectivity index (χ4v) is 2.87. The van der Waals surface area contributed by atoms with E-state index in [2.05, 4.69) is 4.98 Å². The van der Waals surface area contributed by atoms with E-state index in [-0.39, 0.29) is 10.6 Å². The summed E-state index contributed by atoms with van der Waals surface area (Å²) in [6.45, 7) is 1.52. The van der Waals surface area contributed by atoms with Gasteiger partial charge in [-0.3, -0.25) is 0 Å². The molecule has 2 heterocycles. The number of carboxylic acid groups (broad SMARTS) is 1. The quantitative estimate of drug-likeness (QED) is 0.918. The molecule has 0 atom stereocenters. The summed E-state index contributed by atoms with van der Waals surface area (Å²) in [5, 5.41) is 10.3. The van der Waals surface area contributed by atoms with Crippen LogP contribution >= 0.6 is 23.4 Å². The molecule has 1 aromatic rings. The van der Waals surface area contributed by atoms with Gasteiger partial charge in [-0.05, 0) is 18.9 Å². The van der Waals surface area contributed by atoms with Crippen LogP contribution in [0.15, 0.2) is 17.3 Å². The number of pyridine rings is 1. The first-order valence-corrected chi connectivity index (χ1v) is 6.56. The van der Waals surface area contributed by atoms with E-state index in [1.54, 1.807) is 11.8 Å². The van der Waals surface area contributed by atoms with E-state index >= 15 is 0 Å². The van der Waals surface area contributed by atoms with Crippen LogP contribution in [0.1, 0.15) is 23.2 Å². The molecule has 0 radical (unpaired) electrons. The van der Waals surface area contributed by atoms with Gasteiger partial charge in [-0.1, -0.05) is 11.6 Å². The minimum Gasteiger partial charge on any atom is -0.478 e. The molecule has 17 heavy (non-hydrogen) atoms. The van der Waals surface area contributed by atoms with Gasteiger partial charge in [-0.15, -0.1) is 11.8 Å². The lowest BCUT2D eigenvalue weighted by molar-refractivity contribution is 0.0696. The fourth-order valence-electron chi connectivity index (χ4n) is 1.61. The molecule has 0 unspecified atom stereocenters. The summed E-state index contributed by atoms with van der Waals surface area (Å²) in [6.07, 6.45) is 3.33. The van der Waals surface area contributed by atoms with Gasteiger partial charge in [-0.25, -0.2) is 9.78 Å². The van der Waals surface area contributed by atoms with Gasteiger partial charge in [-0.2, -0.15) is 0 Å². The summed E-state index contributed by atoms with van der Waals surface area (Å²) in [7, 11) is 0. The zero-order valence-corrected chi connectivity index (χ0v) is 10.6. The SMILES string of the molecule is O=C(O)c1cc(SC2CCOCC2)ncc1Cl. The van der Waals surface area contributed by atoms with Crippen LogP contribution in [0.2, 0.25) is 5.02 Å². The molecule has 1 fully saturated rings. The van der Waals surface area contributed by atoms with E-state index in [4.69, 9.17) is 21.4 Å². The lowest BCUT2D eigenvalue weighted by Gasteiger charge is -2.21. The lowest BCUT2D eigenvalue weighted by atomic mass is 10.2. The van der Waals surface area contributed by atoms with Crippen molar-refractivity contribution >= 4 is 29.3 Å². The topological polar surface area (TPSA) is 59.4 Å². The maximum atomic E-state index is 10.9.